The molecule has 3 rings (SSSR count). The number of nitrogens with zero attached hydrogens (tertiary/aromatic N) is 2. The van der Waals surface area contributed by atoms with Crippen LogP contribution in [0, 0.1) is 0 Å². The van der Waals surface area contributed by atoms with Crippen LogP contribution in [0.25, 0.3) is 6.08 Å². The molecule has 0 saturated carbocycles. The van der Waals surface area contributed by atoms with E-state index in [1.54, 1.807) is 16.0 Å². The summed E-state index contributed by atoms with van der Waals surface area (Å²) in [5.74, 6) is -0.0349. The Morgan fingerprint density at radius 3 is 2.37 bits per heavy atom. The van der Waals surface area contributed by atoms with E-state index in [4.69, 9.17) is 0 Å². The van der Waals surface area contributed by atoms with Crippen LogP contribution < -0.4 is 0 Å². The molecule has 1 aliphatic rings. The van der Waals surface area contributed by atoms with Crippen molar-refractivity contribution in [2.75, 3.05) is 7.05 Å². The monoisotopic (exact) mass is 362 g/mol. The summed E-state index contributed by atoms with van der Waals surface area (Å²) in [4.78, 5) is 28.3. The fraction of sp³-hybridized carbons (Fsp3) is 0.304. The lowest BCUT2D eigenvalue weighted by atomic mass is 9.93. The molecule has 2 amide bonds. The Morgan fingerprint density at radius 1 is 1.04 bits per heavy atom. The Kier molecular flexibility index (Phi) is 5.75. The molecule has 0 N–H and O–H groups in total. The van der Waals surface area contributed by atoms with E-state index in [2.05, 4.69) is 31.2 Å². The van der Waals surface area contributed by atoms with Crippen LogP contribution in [0.1, 0.15) is 48.6 Å². The first kappa shape index (κ1) is 18.9. The number of benzene rings is 2. The molecule has 4 nitrogen and oxygen atoms in total. The normalized spacial score (nSPS) is 15.4. The lowest BCUT2D eigenvalue weighted by Crippen LogP contribution is -2.35. The quantitative estimate of drug-likeness (QED) is 0.801. The second kappa shape index (κ2) is 8.21. The van der Waals surface area contributed by atoms with Gasteiger partial charge in [-0.3, -0.25) is 9.59 Å². The van der Waals surface area contributed by atoms with Crippen LogP contribution in [-0.4, -0.2) is 28.7 Å². The Balaban J connectivity index is 1.74. The van der Waals surface area contributed by atoms with E-state index in [0.717, 1.165) is 23.1 Å². The van der Waals surface area contributed by atoms with Crippen LogP contribution in [0.5, 0.6) is 0 Å². The molecule has 0 radical (unpaired) electrons. The van der Waals surface area contributed by atoms with E-state index >= 15 is 0 Å². The molecule has 1 atom stereocenters. The number of amides is 2. The molecule has 1 unspecified atom stereocenters. The molecular weight excluding hydrogens is 336 g/mol. The van der Waals surface area contributed by atoms with Gasteiger partial charge in [0.2, 0.25) is 11.8 Å². The number of hydrogen-bond acceptors (Lipinski definition) is 2. The lowest BCUT2D eigenvalue weighted by molar-refractivity contribution is -0.134. The Labute approximate surface area is 161 Å². The summed E-state index contributed by atoms with van der Waals surface area (Å²) in [6.07, 6.45) is 4.98. The van der Waals surface area contributed by atoms with E-state index in [1.165, 1.54) is 12.5 Å². The van der Waals surface area contributed by atoms with Crippen molar-refractivity contribution in [2.45, 2.75) is 39.3 Å². The van der Waals surface area contributed by atoms with E-state index in [9.17, 15) is 9.59 Å². The maximum absolute atomic E-state index is 12.9. The highest BCUT2D eigenvalue weighted by atomic mass is 16.2. The second-order valence-electron chi connectivity index (χ2n) is 7.01. The zero-order valence-corrected chi connectivity index (χ0v) is 16.2. The molecular formula is C23H26N2O2. The fourth-order valence-electron chi connectivity index (χ4n) is 3.48. The standard InChI is InChI=1S/C23H26N2O2/c1-4-18-9-11-19(12-10-18)16-24(3)23(27)15-22-21-8-6-5-7-20(21)13-14-25(22)17(2)26/h5-14,22H,4,15-16H2,1-3H3. The molecule has 27 heavy (non-hydrogen) atoms. The van der Waals surface area contributed by atoms with Crippen molar-refractivity contribution in [2.24, 2.45) is 0 Å². The Bertz CT molecular complexity index is 855. The van der Waals surface area contributed by atoms with Gasteiger partial charge in [0.25, 0.3) is 0 Å². The van der Waals surface area contributed by atoms with Gasteiger partial charge in [0.05, 0.1) is 12.5 Å². The van der Waals surface area contributed by atoms with Crippen LogP contribution in [0.2, 0.25) is 0 Å². The molecule has 2 aromatic carbocycles. The highest BCUT2D eigenvalue weighted by molar-refractivity contribution is 5.81. The van der Waals surface area contributed by atoms with Crippen LogP contribution in [-0.2, 0) is 22.6 Å². The smallest absolute Gasteiger partial charge is 0.225 e. The molecule has 0 aliphatic carbocycles. The van der Waals surface area contributed by atoms with Gasteiger partial charge in [-0.2, -0.15) is 0 Å². The fourth-order valence-corrected chi connectivity index (χ4v) is 3.48. The number of carbonyl (C=O) groups excluding carboxylic acids is 2. The Morgan fingerprint density at radius 2 is 1.70 bits per heavy atom. The van der Waals surface area contributed by atoms with Gasteiger partial charge in [0, 0.05) is 26.7 Å². The van der Waals surface area contributed by atoms with Gasteiger partial charge in [0.1, 0.15) is 0 Å². The Hall–Kier alpha value is -2.88. The molecule has 140 valence electrons. The summed E-state index contributed by atoms with van der Waals surface area (Å²) in [6, 6.07) is 16.0. The van der Waals surface area contributed by atoms with Gasteiger partial charge in [0.15, 0.2) is 0 Å². The number of carbonyl (C=O) groups is 2. The van der Waals surface area contributed by atoms with Gasteiger partial charge in [-0.25, -0.2) is 0 Å². The third-order valence-electron chi connectivity index (χ3n) is 5.11. The van der Waals surface area contributed by atoms with Gasteiger partial charge >= 0.3 is 0 Å². The second-order valence-corrected chi connectivity index (χ2v) is 7.01. The largest absolute Gasteiger partial charge is 0.341 e. The molecule has 1 aliphatic heterocycles. The first-order valence-electron chi connectivity index (χ1n) is 9.37. The molecule has 0 fully saturated rings. The van der Waals surface area contributed by atoms with Gasteiger partial charge < -0.3 is 9.80 Å². The van der Waals surface area contributed by atoms with Crippen molar-refractivity contribution < 1.29 is 9.59 Å². The van der Waals surface area contributed by atoms with E-state index in [1.807, 2.05) is 37.4 Å². The summed E-state index contributed by atoms with van der Waals surface area (Å²) < 4.78 is 0. The highest BCUT2D eigenvalue weighted by Crippen LogP contribution is 2.33. The zero-order chi connectivity index (χ0) is 19.4. The number of fused-ring (bicyclic) bond motifs is 1. The van der Waals surface area contributed by atoms with Crippen molar-refractivity contribution in [1.29, 1.82) is 0 Å². The van der Waals surface area contributed by atoms with Crippen LogP contribution in [0.4, 0.5) is 0 Å². The summed E-state index contributed by atoms with van der Waals surface area (Å²) in [5, 5.41) is 0. The molecule has 1 heterocycles. The van der Waals surface area contributed by atoms with Crippen molar-refractivity contribution in [1.82, 2.24) is 9.80 Å². The number of aryl methyl sites for hydroxylation is 1. The molecule has 0 spiro atoms. The highest BCUT2D eigenvalue weighted by Gasteiger charge is 2.29. The zero-order valence-electron chi connectivity index (χ0n) is 16.2. The van der Waals surface area contributed by atoms with E-state index < -0.39 is 0 Å². The molecule has 0 bridgehead atoms. The minimum atomic E-state index is -0.263. The minimum Gasteiger partial charge on any atom is -0.341 e. The SMILES string of the molecule is CCc1ccc(CN(C)C(=O)CC2c3ccccc3C=CN2C(C)=O)cc1. The van der Waals surface area contributed by atoms with Gasteiger partial charge in [-0.05, 0) is 34.8 Å². The maximum Gasteiger partial charge on any atom is 0.225 e. The molecule has 2 aromatic rings. The summed E-state index contributed by atoms with van der Waals surface area (Å²) >= 11 is 0. The number of rotatable bonds is 5. The van der Waals surface area contributed by atoms with Crippen molar-refractivity contribution in [3.63, 3.8) is 0 Å². The lowest BCUT2D eigenvalue weighted by Gasteiger charge is -2.33. The maximum atomic E-state index is 12.9. The summed E-state index contributed by atoms with van der Waals surface area (Å²) in [5.41, 5.74) is 4.47. The van der Waals surface area contributed by atoms with E-state index in [0.29, 0.717) is 6.54 Å². The third-order valence-corrected chi connectivity index (χ3v) is 5.11. The first-order valence-corrected chi connectivity index (χ1v) is 9.37. The van der Waals surface area contributed by atoms with Crippen LogP contribution >= 0.6 is 0 Å². The molecule has 0 saturated heterocycles. The number of hydrogen-bond donors (Lipinski definition) is 0. The van der Waals surface area contributed by atoms with Crippen molar-refractivity contribution in [3.8, 4) is 0 Å². The van der Waals surface area contributed by atoms with E-state index in [-0.39, 0.29) is 24.3 Å². The average Bonchev–Trinajstić information content (AvgIpc) is 2.68. The van der Waals surface area contributed by atoms with Gasteiger partial charge in [-0.1, -0.05) is 55.5 Å². The van der Waals surface area contributed by atoms with Gasteiger partial charge in [-0.15, -0.1) is 0 Å². The molecule has 4 heteroatoms. The predicted molar refractivity (Wildman–Crippen MR) is 108 cm³/mol. The van der Waals surface area contributed by atoms with Crippen LogP contribution in [0.3, 0.4) is 0 Å². The average molecular weight is 362 g/mol. The predicted octanol–water partition coefficient (Wildman–Crippen LogP) is 4.17. The summed E-state index contributed by atoms with van der Waals surface area (Å²) in [7, 11) is 1.82. The van der Waals surface area contributed by atoms with Crippen molar-refractivity contribution >= 4 is 17.9 Å². The minimum absolute atomic E-state index is 0.0240. The van der Waals surface area contributed by atoms with Crippen LogP contribution in [0.15, 0.2) is 54.7 Å². The topological polar surface area (TPSA) is 40.6 Å². The third kappa shape index (κ3) is 4.27. The van der Waals surface area contributed by atoms with Crippen molar-refractivity contribution in [3.05, 3.63) is 77.0 Å². The molecule has 0 aromatic heterocycles. The summed E-state index contributed by atoms with van der Waals surface area (Å²) in [6.45, 7) is 4.23. The first-order chi connectivity index (χ1) is 13.0.